The van der Waals surface area contributed by atoms with E-state index in [9.17, 15) is 14.0 Å². The highest BCUT2D eigenvalue weighted by atomic mass is 19.1. The van der Waals surface area contributed by atoms with Gasteiger partial charge in [0.05, 0.1) is 0 Å². The summed E-state index contributed by atoms with van der Waals surface area (Å²) in [6.07, 6.45) is 2.57. The number of hydrogen-bond acceptors (Lipinski definition) is 4. The molecule has 0 spiro atoms. The first-order chi connectivity index (χ1) is 9.06. The molecule has 1 aliphatic rings. The van der Waals surface area contributed by atoms with E-state index in [4.69, 9.17) is 5.11 Å². The van der Waals surface area contributed by atoms with Crippen LogP contribution in [0.25, 0.3) is 0 Å². The third kappa shape index (κ3) is 2.35. The van der Waals surface area contributed by atoms with E-state index >= 15 is 0 Å². The lowest BCUT2D eigenvalue weighted by atomic mass is 10.2. The van der Waals surface area contributed by atoms with E-state index < -0.39 is 23.4 Å². The highest BCUT2D eigenvalue weighted by Gasteiger charge is 2.33. The monoisotopic (exact) mass is 267 g/mol. The molecule has 19 heavy (non-hydrogen) atoms. The molecule has 1 aromatic rings. The molecule has 2 N–H and O–H groups in total. The zero-order valence-corrected chi connectivity index (χ0v) is 10.4. The summed E-state index contributed by atoms with van der Waals surface area (Å²) >= 11 is 0. The first kappa shape index (κ1) is 13.3. The molecule has 7 heteroatoms. The van der Waals surface area contributed by atoms with Crippen LogP contribution in [0.15, 0.2) is 12.3 Å². The molecule has 1 unspecified atom stereocenters. The van der Waals surface area contributed by atoms with Crippen LogP contribution in [-0.4, -0.2) is 41.6 Å². The van der Waals surface area contributed by atoms with E-state index in [1.54, 1.807) is 0 Å². The van der Waals surface area contributed by atoms with E-state index in [0.29, 0.717) is 13.0 Å². The predicted molar refractivity (Wildman–Crippen MR) is 65.6 cm³/mol. The van der Waals surface area contributed by atoms with Crippen molar-refractivity contribution in [1.29, 1.82) is 0 Å². The molecule has 0 saturated carbocycles. The Balaban J connectivity index is 2.38. The number of aromatic carboxylic acids is 1. The van der Waals surface area contributed by atoms with Gasteiger partial charge in [0, 0.05) is 19.8 Å². The number of hydrogen-bond donors (Lipinski definition) is 2. The van der Waals surface area contributed by atoms with Gasteiger partial charge in [0.15, 0.2) is 11.6 Å². The molecule has 6 nitrogen and oxygen atoms in total. The molecule has 1 aliphatic heterocycles. The van der Waals surface area contributed by atoms with Gasteiger partial charge in [-0.15, -0.1) is 0 Å². The average Bonchev–Trinajstić information content (AvgIpc) is 2.86. The van der Waals surface area contributed by atoms with Gasteiger partial charge in [-0.25, -0.2) is 14.2 Å². The smallest absolute Gasteiger partial charge is 0.338 e. The van der Waals surface area contributed by atoms with Gasteiger partial charge in [-0.1, -0.05) is 0 Å². The second-order valence-electron chi connectivity index (χ2n) is 4.27. The fraction of sp³-hybridized carbons (Fsp3) is 0.417. The minimum atomic E-state index is -1.35. The van der Waals surface area contributed by atoms with Crippen molar-refractivity contribution in [3.05, 3.63) is 23.6 Å². The number of nitrogens with zero attached hydrogens (tertiary/aromatic N) is 2. The Morgan fingerprint density at radius 2 is 2.32 bits per heavy atom. The summed E-state index contributed by atoms with van der Waals surface area (Å²) in [7, 11) is 1.51. The number of carbonyl (C=O) groups excluding carboxylic acids is 1. The third-order valence-electron chi connectivity index (χ3n) is 3.18. The average molecular weight is 267 g/mol. The van der Waals surface area contributed by atoms with Crippen molar-refractivity contribution in [3.63, 3.8) is 0 Å². The van der Waals surface area contributed by atoms with Gasteiger partial charge in [-0.2, -0.15) is 0 Å². The molecule has 102 valence electrons. The van der Waals surface area contributed by atoms with Crippen LogP contribution in [0.2, 0.25) is 0 Å². The van der Waals surface area contributed by atoms with Crippen molar-refractivity contribution in [3.8, 4) is 0 Å². The van der Waals surface area contributed by atoms with Crippen molar-refractivity contribution in [2.24, 2.45) is 0 Å². The number of amides is 1. The Bertz CT molecular complexity index is 521. The fourth-order valence-electron chi connectivity index (χ4n) is 2.26. The standard InChI is InChI=1S/C12H14FN3O3/c1-14-11(17)8-3-2-6-16(8)10-9(13)7(12(18)19)4-5-15-10/h4-5,8H,2-3,6H2,1H3,(H,14,17)(H,18,19). The number of carboxylic acids is 1. The van der Waals surface area contributed by atoms with Crippen molar-refractivity contribution in [2.45, 2.75) is 18.9 Å². The second-order valence-corrected chi connectivity index (χ2v) is 4.27. The Hall–Kier alpha value is -2.18. The summed E-state index contributed by atoms with van der Waals surface area (Å²) in [5.74, 6) is -2.55. The van der Waals surface area contributed by atoms with Crippen molar-refractivity contribution < 1.29 is 19.1 Å². The van der Waals surface area contributed by atoms with Crippen LogP contribution in [0.1, 0.15) is 23.2 Å². The first-order valence-electron chi connectivity index (χ1n) is 5.92. The third-order valence-corrected chi connectivity index (χ3v) is 3.18. The van der Waals surface area contributed by atoms with Crippen molar-refractivity contribution in [2.75, 3.05) is 18.5 Å². The maximum atomic E-state index is 14.1. The lowest BCUT2D eigenvalue weighted by molar-refractivity contribution is -0.121. The Morgan fingerprint density at radius 1 is 1.58 bits per heavy atom. The molecule has 0 radical (unpaired) electrons. The maximum absolute atomic E-state index is 14.1. The topological polar surface area (TPSA) is 82.5 Å². The summed E-state index contributed by atoms with van der Waals surface area (Å²) in [4.78, 5) is 28.0. The molecule has 1 aromatic heterocycles. The molecule has 1 atom stereocenters. The van der Waals surface area contributed by atoms with Crippen LogP contribution >= 0.6 is 0 Å². The number of likely N-dealkylation sites (N-methyl/N-ethyl adjacent to an activating group) is 1. The number of halogens is 1. The molecular formula is C12H14FN3O3. The lowest BCUT2D eigenvalue weighted by Crippen LogP contribution is -2.42. The molecule has 1 saturated heterocycles. The highest BCUT2D eigenvalue weighted by Crippen LogP contribution is 2.27. The minimum absolute atomic E-state index is 0.0778. The highest BCUT2D eigenvalue weighted by molar-refractivity contribution is 5.90. The molecule has 0 aliphatic carbocycles. The minimum Gasteiger partial charge on any atom is -0.478 e. The number of anilines is 1. The number of pyridine rings is 1. The molecular weight excluding hydrogens is 253 g/mol. The van der Waals surface area contributed by atoms with Crippen molar-refractivity contribution >= 4 is 17.7 Å². The van der Waals surface area contributed by atoms with Crippen LogP contribution in [0, 0.1) is 5.82 Å². The maximum Gasteiger partial charge on any atom is 0.338 e. The van der Waals surface area contributed by atoms with Crippen LogP contribution in [0.3, 0.4) is 0 Å². The number of rotatable bonds is 3. The van der Waals surface area contributed by atoms with E-state index in [1.165, 1.54) is 18.1 Å². The molecule has 2 rings (SSSR count). The number of carboxylic acid groups (broad SMARTS) is 1. The van der Waals surface area contributed by atoms with Crippen LogP contribution < -0.4 is 10.2 Å². The van der Waals surface area contributed by atoms with Crippen LogP contribution in [0.4, 0.5) is 10.2 Å². The van der Waals surface area contributed by atoms with Crippen LogP contribution in [-0.2, 0) is 4.79 Å². The predicted octanol–water partition coefficient (Wildman–Crippen LogP) is 0.634. The van der Waals surface area contributed by atoms with E-state index in [0.717, 1.165) is 12.5 Å². The van der Waals surface area contributed by atoms with Crippen LogP contribution in [0.5, 0.6) is 0 Å². The van der Waals surface area contributed by atoms with E-state index in [1.807, 2.05) is 0 Å². The largest absolute Gasteiger partial charge is 0.478 e. The van der Waals surface area contributed by atoms with Gasteiger partial charge in [-0.3, -0.25) is 4.79 Å². The quantitative estimate of drug-likeness (QED) is 0.839. The Labute approximate surface area is 109 Å². The zero-order chi connectivity index (χ0) is 14.0. The SMILES string of the molecule is CNC(=O)C1CCCN1c1nccc(C(=O)O)c1F. The molecule has 1 amide bonds. The van der Waals surface area contributed by atoms with Gasteiger partial charge in [-0.05, 0) is 18.9 Å². The lowest BCUT2D eigenvalue weighted by Gasteiger charge is -2.24. The van der Waals surface area contributed by atoms with E-state index in [2.05, 4.69) is 10.3 Å². The zero-order valence-electron chi connectivity index (χ0n) is 10.4. The summed E-state index contributed by atoms with van der Waals surface area (Å²) in [5, 5.41) is 11.4. The van der Waals surface area contributed by atoms with Gasteiger partial charge < -0.3 is 15.3 Å². The molecule has 2 heterocycles. The molecule has 1 fully saturated rings. The number of nitrogens with one attached hydrogen (secondary N) is 1. The molecule has 0 aromatic carbocycles. The summed E-state index contributed by atoms with van der Waals surface area (Å²) in [6, 6.07) is 0.600. The normalized spacial score (nSPS) is 18.4. The summed E-state index contributed by atoms with van der Waals surface area (Å²) in [6.45, 7) is 0.477. The summed E-state index contributed by atoms with van der Waals surface area (Å²) < 4.78 is 14.1. The summed E-state index contributed by atoms with van der Waals surface area (Å²) in [5.41, 5.74) is -0.437. The first-order valence-corrected chi connectivity index (χ1v) is 5.92. The van der Waals surface area contributed by atoms with Gasteiger partial charge in [0.25, 0.3) is 0 Å². The van der Waals surface area contributed by atoms with Gasteiger partial charge >= 0.3 is 5.97 Å². The van der Waals surface area contributed by atoms with Gasteiger partial charge in [0.1, 0.15) is 11.6 Å². The van der Waals surface area contributed by atoms with Gasteiger partial charge in [0.2, 0.25) is 5.91 Å². The Morgan fingerprint density at radius 3 is 2.95 bits per heavy atom. The number of aromatic nitrogens is 1. The second kappa shape index (κ2) is 5.21. The van der Waals surface area contributed by atoms with Crippen molar-refractivity contribution in [1.82, 2.24) is 10.3 Å². The molecule has 0 bridgehead atoms. The fourth-order valence-corrected chi connectivity index (χ4v) is 2.26. The Kier molecular flexibility index (Phi) is 3.64. The number of carbonyl (C=O) groups is 2. The van der Waals surface area contributed by atoms with E-state index in [-0.39, 0.29) is 11.7 Å².